The highest BCUT2D eigenvalue weighted by atomic mass is 16.1. The Labute approximate surface area is 95.9 Å². The molecular formula is C13H17NO2. The zero-order valence-corrected chi connectivity index (χ0v) is 9.69. The molecule has 1 atom stereocenters. The number of nitrogens with one attached hydrogen (secondary N) is 1. The van der Waals surface area contributed by atoms with Crippen LogP contribution in [-0.4, -0.2) is 18.7 Å². The van der Waals surface area contributed by atoms with E-state index in [1.54, 1.807) is 12.1 Å². The minimum atomic E-state index is -0.174. The van der Waals surface area contributed by atoms with Crippen LogP contribution < -0.4 is 5.32 Å². The van der Waals surface area contributed by atoms with Crippen LogP contribution in [0.1, 0.15) is 42.1 Å². The molecule has 1 amide bonds. The quantitative estimate of drug-likeness (QED) is 0.771. The first-order valence-corrected chi connectivity index (χ1v) is 5.52. The number of hydrogen-bond acceptors (Lipinski definition) is 2. The second-order valence-corrected chi connectivity index (χ2v) is 3.80. The number of amides is 1. The standard InChI is InChI=1S/C13H17NO2/c1-3-8-14-13(16)10(2)12-6-4-11(9-15)5-7-12/h4-7,9-10H,3,8H2,1-2H3,(H,14,16). The summed E-state index contributed by atoms with van der Waals surface area (Å²) in [5.74, 6) is -0.145. The van der Waals surface area contributed by atoms with E-state index in [1.807, 2.05) is 26.0 Å². The van der Waals surface area contributed by atoms with E-state index in [2.05, 4.69) is 5.32 Å². The van der Waals surface area contributed by atoms with Crippen molar-refractivity contribution in [3.05, 3.63) is 35.4 Å². The molecule has 1 N–H and O–H groups in total. The van der Waals surface area contributed by atoms with Crippen LogP contribution in [0.3, 0.4) is 0 Å². The first-order valence-electron chi connectivity index (χ1n) is 5.52. The van der Waals surface area contributed by atoms with Crippen LogP contribution in [0.15, 0.2) is 24.3 Å². The highest BCUT2D eigenvalue weighted by Gasteiger charge is 2.13. The van der Waals surface area contributed by atoms with Gasteiger partial charge in [0.1, 0.15) is 6.29 Å². The van der Waals surface area contributed by atoms with Gasteiger partial charge in [-0.05, 0) is 18.9 Å². The van der Waals surface area contributed by atoms with Crippen LogP contribution in [0.5, 0.6) is 0 Å². The molecule has 0 aliphatic rings. The van der Waals surface area contributed by atoms with Crippen LogP contribution in [0.2, 0.25) is 0 Å². The first kappa shape index (κ1) is 12.4. The average molecular weight is 219 g/mol. The Kier molecular flexibility index (Phi) is 4.70. The van der Waals surface area contributed by atoms with Gasteiger partial charge in [0, 0.05) is 12.1 Å². The summed E-state index contributed by atoms with van der Waals surface area (Å²) >= 11 is 0. The smallest absolute Gasteiger partial charge is 0.227 e. The summed E-state index contributed by atoms with van der Waals surface area (Å²) in [6.07, 6.45) is 1.73. The van der Waals surface area contributed by atoms with Crippen molar-refractivity contribution in [2.45, 2.75) is 26.2 Å². The molecule has 0 spiro atoms. The van der Waals surface area contributed by atoms with E-state index in [9.17, 15) is 9.59 Å². The Morgan fingerprint density at radius 3 is 2.50 bits per heavy atom. The van der Waals surface area contributed by atoms with Gasteiger partial charge in [-0.3, -0.25) is 9.59 Å². The van der Waals surface area contributed by atoms with Crippen molar-refractivity contribution in [1.82, 2.24) is 5.32 Å². The van der Waals surface area contributed by atoms with Crippen LogP contribution in [0.25, 0.3) is 0 Å². The van der Waals surface area contributed by atoms with Gasteiger partial charge < -0.3 is 5.32 Å². The molecule has 1 rings (SSSR count). The molecule has 3 heteroatoms. The second kappa shape index (κ2) is 6.05. The van der Waals surface area contributed by atoms with Gasteiger partial charge in [-0.2, -0.15) is 0 Å². The molecule has 1 aromatic carbocycles. The van der Waals surface area contributed by atoms with Crippen molar-refractivity contribution in [1.29, 1.82) is 0 Å². The molecule has 86 valence electrons. The van der Waals surface area contributed by atoms with E-state index < -0.39 is 0 Å². The lowest BCUT2D eigenvalue weighted by atomic mass is 9.99. The third-order valence-electron chi connectivity index (χ3n) is 2.52. The molecule has 1 unspecified atom stereocenters. The monoisotopic (exact) mass is 219 g/mol. The Balaban J connectivity index is 2.68. The van der Waals surface area contributed by atoms with Crippen LogP contribution in [0.4, 0.5) is 0 Å². The maximum atomic E-state index is 11.7. The summed E-state index contributed by atoms with van der Waals surface area (Å²) in [5, 5.41) is 2.85. The van der Waals surface area contributed by atoms with Crippen molar-refractivity contribution in [3.63, 3.8) is 0 Å². The predicted molar refractivity (Wildman–Crippen MR) is 63.5 cm³/mol. The van der Waals surface area contributed by atoms with E-state index in [0.717, 1.165) is 18.3 Å². The van der Waals surface area contributed by atoms with E-state index in [0.29, 0.717) is 12.1 Å². The lowest BCUT2D eigenvalue weighted by Gasteiger charge is -2.11. The van der Waals surface area contributed by atoms with Gasteiger partial charge >= 0.3 is 0 Å². The normalized spacial score (nSPS) is 11.9. The largest absolute Gasteiger partial charge is 0.356 e. The Morgan fingerprint density at radius 2 is 2.00 bits per heavy atom. The Morgan fingerprint density at radius 1 is 1.38 bits per heavy atom. The number of aldehydes is 1. The van der Waals surface area contributed by atoms with Gasteiger partial charge in [0.05, 0.1) is 5.92 Å². The average Bonchev–Trinajstić information content (AvgIpc) is 2.35. The van der Waals surface area contributed by atoms with Gasteiger partial charge in [0.25, 0.3) is 0 Å². The molecule has 0 aliphatic heterocycles. The van der Waals surface area contributed by atoms with E-state index >= 15 is 0 Å². The zero-order chi connectivity index (χ0) is 12.0. The van der Waals surface area contributed by atoms with Crippen LogP contribution in [-0.2, 0) is 4.79 Å². The first-order chi connectivity index (χ1) is 7.69. The summed E-state index contributed by atoms with van der Waals surface area (Å²) in [6, 6.07) is 7.09. The van der Waals surface area contributed by atoms with Crippen LogP contribution in [0, 0.1) is 0 Å². The van der Waals surface area contributed by atoms with Crippen molar-refractivity contribution in [2.75, 3.05) is 6.54 Å². The number of benzene rings is 1. The minimum Gasteiger partial charge on any atom is -0.356 e. The van der Waals surface area contributed by atoms with E-state index in [4.69, 9.17) is 0 Å². The SMILES string of the molecule is CCCNC(=O)C(C)c1ccc(C=O)cc1. The summed E-state index contributed by atoms with van der Waals surface area (Å²) in [7, 11) is 0. The number of rotatable bonds is 5. The summed E-state index contributed by atoms with van der Waals surface area (Å²) < 4.78 is 0. The predicted octanol–water partition coefficient (Wildman–Crippen LogP) is 2.13. The third-order valence-corrected chi connectivity index (χ3v) is 2.52. The number of carbonyl (C=O) groups excluding carboxylic acids is 2. The lowest BCUT2D eigenvalue weighted by Crippen LogP contribution is -2.28. The van der Waals surface area contributed by atoms with Gasteiger partial charge in [-0.1, -0.05) is 31.2 Å². The van der Waals surface area contributed by atoms with Crippen molar-refractivity contribution < 1.29 is 9.59 Å². The summed E-state index contributed by atoms with van der Waals surface area (Å²) in [6.45, 7) is 4.58. The third kappa shape index (κ3) is 3.19. The topological polar surface area (TPSA) is 46.2 Å². The van der Waals surface area contributed by atoms with Crippen LogP contribution >= 0.6 is 0 Å². The van der Waals surface area contributed by atoms with E-state index in [-0.39, 0.29) is 11.8 Å². The molecule has 0 radical (unpaired) electrons. The fourth-order valence-electron chi connectivity index (χ4n) is 1.42. The summed E-state index contributed by atoms with van der Waals surface area (Å²) in [4.78, 5) is 22.2. The molecule has 0 bridgehead atoms. The van der Waals surface area contributed by atoms with E-state index in [1.165, 1.54) is 0 Å². The molecule has 3 nitrogen and oxygen atoms in total. The van der Waals surface area contributed by atoms with Gasteiger partial charge in [-0.25, -0.2) is 0 Å². The lowest BCUT2D eigenvalue weighted by molar-refractivity contribution is -0.122. The molecule has 0 heterocycles. The number of hydrogen-bond donors (Lipinski definition) is 1. The molecule has 1 aromatic rings. The second-order valence-electron chi connectivity index (χ2n) is 3.80. The molecule has 0 saturated carbocycles. The fraction of sp³-hybridized carbons (Fsp3) is 0.385. The van der Waals surface area contributed by atoms with Crippen molar-refractivity contribution >= 4 is 12.2 Å². The molecule has 16 heavy (non-hydrogen) atoms. The number of carbonyl (C=O) groups is 2. The maximum Gasteiger partial charge on any atom is 0.227 e. The summed E-state index contributed by atoms with van der Waals surface area (Å²) in [5.41, 5.74) is 1.56. The molecular weight excluding hydrogens is 202 g/mol. The van der Waals surface area contributed by atoms with Crippen molar-refractivity contribution in [2.24, 2.45) is 0 Å². The van der Waals surface area contributed by atoms with Crippen molar-refractivity contribution in [3.8, 4) is 0 Å². The molecule has 0 aromatic heterocycles. The molecule has 0 saturated heterocycles. The highest BCUT2D eigenvalue weighted by molar-refractivity contribution is 5.83. The van der Waals surface area contributed by atoms with Gasteiger partial charge in [0.2, 0.25) is 5.91 Å². The zero-order valence-electron chi connectivity index (χ0n) is 9.69. The Bertz CT molecular complexity index is 357. The van der Waals surface area contributed by atoms with Gasteiger partial charge in [-0.15, -0.1) is 0 Å². The molecule has 0 aliphatic carbocycles. The Hall–Kier alpha value is -1.64. The highest BCUT2D eigenvalue weighted by Crippen LogP contribution is 2.15. The maximum absolute atomic E-state index is 11.7. The van der Waals surface area contributed by atoms with Gasteiger partial charge in [0.15, 0.2) is 0 Å². The fourth-order valence-corrected chi connectivity index (χ4v) is 1.42. The molecule has 0 fully saturated rings. The minimum absolute atomic E-state index is 0.0284.